The number of halogens is 3. The predicted molar refractivity (Wildman–Crippen MR) is 75.1 cm³/mol. The number of nitrogens with zero attached hydrogens (tertiary/aromatic N) is 4. The summed E-state index contributed by atoms with van der Waals surface area (Å²) in [5.41, 5.74) is 0. The van der Waals surface area contributed by atoms with Crippen molar-refractivity contribution in [3.05, 3.63) is 18.2 Å². The summed E-state index contributed by atoms with van der Waals surface area (Å²) in [6, 6.07) is 0. The van der Waals surface area contributed by atoms with Gasteiger partial charge in [0.15, 0.2) is 0 Å². The van der Waals surface area contributed by atoms with Crippen LogP contribution in [0, 0.1) is 5.92 Å². The smallest absolute Gasteiger partial charge is 0.342 e. The van der Waals surface area contributed by atoms with Crippen molar-refractivity contribution in [1.29, 1.82) is 0 Å². The van der Waals surface area contributed by atoms with Crippen molar-refractivity contribution in [2.75, 3.05) is 20.1 Å². The van der Waals surface area contributed by atoms with E-state index in [2.05, 4.69) is 4.98 Å². The summed E-state index contributed by atoms with van der Waals surface area (Å²) in [5, 5.41) is 0. The monoisotopic (exact) mass is 332 g/mol. The first-order chi connectivity index (χ1) is 10.7. The van der Waals surface area contributed by atoms with Gasteiger partial charge in [-0.15, -0.1) is 0 Å². The van der Waals surface area contributed by atoms with E-state index in [-0.39, 0.29) is 30.6 Å². The van der Waals surface area contributed by atoms with E-state index in [1.807, 2.05) is 6.92 Å². The van der Waals surface area contributed by atoms with Crippen molar-refractivity contribution in [3.8, 4) is 0 Å². The van der Waals surface area contributed by atoms with Crippen molar-refractivity contribution in [2.24, 2.45) is 5.92 Å². The average molecular weight is 332 g/mol. The van der Waals surface area contributed by atoms with Gasteiger partial charge < -0.3 is 14.4 Å². The van der Waals surface area contributed by atoms with Crippen LogP contribution in [0.3, 0.4) is 0 Å². The van der Waals surface area contributed by atoms with Gasteiger partial charge in [0.05, 0.1) is 12.5 Å². The van der Waals surface area contributed by atoms with E-state index < -0.39 is 18.6 Å². The molecule has 1 aliphatic heterocycles. The Morgan fingerprint density at radius 2 is 2.17 bits per heavy atom. The van der Waals surface area contributed by atoms with Crippen LogP contribution in [0.25, 0.3) is 0 Å². The second kappa shape index (κ2) is 6.59. The van der Waals surface area contributed by atoms with Crippen LogP contribution in [0.4, 0.5) is 13.2 Å². The molecule has 128 valence electrons. The van der Waals surface area contributed by atoms with Gasteiger partial charge in [-0.3, -0.25) is 9.59 Å². The van der Waals surface area contributed by atoms with Gasteiger partial charge in [0.25, 0.3) is 0 Å². The minimum atomic E-state index is -4.35. The summed E-state index contributed by atoms with van der Waals surface area (Å²) in [4.78, 5) is 30.9. The second-order valence-electron chi connectivity index (χ2n) is 5.61. The van der Waals surface area contributed by atoms with Gasteiger partial charge in [0, 0.05) is 39.0 Å². The zero-order valence-electron chi connectivity index (χ0n) is 13.0. The number of hydrogen-bond donors (Lipinski definition) is 0. The summed E-state index contributed by atoms with van der Waals surface area (Å²) in [7, 11) is 1.51. The molecule has 23 heavy (non-hydrogen) atoms. The standard InChI is InChI=1S/C14H19F3N4O2/c1-3-20-7-10(6-12(20)22)13(23)19(2)8-11-18-4-5-21(11)9-14(15,16)17/h4-5,10H,3,6-9H2,1-2H3/t10-/m1/s1. The molecular weight excluding hydrogens is 313 g/mol. The van der Waals surface area contributed by atoms with Gasteiger partial charge >= 0.3 is 6.18 Å². The van der Waals surface area contributed by atoms with Crippen LogP contribution in [0.1, 0.15) is 19.2 Å². The highest BCUT2D eigenvalue weighted by molar-refractivity contribution is 5.89. The molecule has 2 heterocycles. The normalized spacial score (nSPS) is 18.6. The number of carbonyl (C=O) groups excluding carboxylic acids is 2. The Morgan fingerprint density at radius 1 is 1.48 bits per heavy atom. The van der Waals surface area contributed by atoms with Gasteiger partial charge in [-0.05, 0) is 6.92 Å². The Morgan fingerprint density at radius 3 is 2.74 bits per heavy atom. The van der Waals surface area contributed by atoms with Crippen LogP contribution in [0.2, 0.25) is 0 Å². The molecule has 0 aromatic carbocycles. The Kier molecular flexibility index (Phi) is 4.96. The van der Waals surface area contributed by atoms with E-state index in [1.165, 1.54) is 24.3 Å². The molecule has 0 unspecified atom stereocenters. The molecule has 0 radical (unpaired) electrons. The lowest BCUT2D eigenvalue weighted by Crippen LogP contribution is -2.35. The van der Waals surface area contributed by atoms with E-state index in [1.54, 1.807) is 4.90 Å². The van der Waals surface area contributed by atoms with Crippen molar-refractivity contribution in [2.45, 2.75) is 32.6 Å². The number of likely N-dealkylation sites (tertiary alicyclic amines) is 1. The number of amides is 2. The lowest BCUT2D eigenvalue weighted by atomic mass is 10.1. The lowest BCUT2D eigenvalue weighted by molar-refractivity contribution is -0.141. The average Bonchev–Trinajstić information content (AvgIpc) is 3.03. The van der Waals surface area contributed by atoms with Gasteiger partial charge in [0.1, 0.15) is 12.4 Å². The molecule has 1 aromatic rings. The van der Waals surface area contributed by atoms with E-state index in [0.717, 1.165) is 4.57 Å². The molecule has 1 aliphatic rings. The first-order valence-electron chi connectivity index (χ1n) is 7.30. The molecule has 0 saturated carbocycles. The highest BCUT2D eigenvalue weighted by Crippen LogP contribution is 2.21. The lowest BCUT2D eigenvalue weighted by Gasteiger charge is -2.21. The molecule has 2 rings (SSSR count). The Hall–Kier alpha value is -2.06. The van der Waals surface area contributed by atoms with Crippen LogP contribution in [0.15, 0.2) is 12.4 Å². The zero-order valence-corrected chi connectivity index (χ0v) is 13.0. The summed E-state index contributed by atoms with van der Waals surface area (Å²) in [6.07, 6.45) is -1.69. The number of carbonyl (C=O) groups is 2. The van der Waals surface area contributed by atoms with Crippen molar-refractivity contribution in [3.63, 3.8) is 0 Å². The molecule has 0 N–H and O–H groups in total. The highest BCUT2D eigenvalue weighted by Gasteiger charge is 2.35. The molecule has 1 saturated heterocycles. The summed E-state index contributed by atoms with van der Waals surface area (Å²) < 4.78 is 38.5. The number of imidazole rings is 1. The largest absolute Gasteiger partial charge is 0.406 e. The molecule has 9 heteroatoms. The first-order valence-corrected chi connectivity index (χ1v) is 7.30. The Labute approximate surface area is 131 Å². The fraction of sp³-hybridized carbons (Fsp3) is 0.643. The minimum absolute atomic E-state index is 0.0290. The highest BCUT2D eigenvalue weighted by atomic mass is 19.4. The molecule has 6 nitrogen and oxygen atoms in total. The van der Waals surface area contributed by atoms with Crippen molar-refractivity contribution >= 4 is 11.8 Å². The van der Waals surface area contributed by atoms with Gasteiger partial charge in [0.2, 0.25) is 11.8 Å². The predicted octanol–water partition coefficient (Wildman–Crippen LogP) is 1.27. The fourth-order valence-corrected chi connectivity index (χ4v) is 2.67. The molecule has 0 bridgehead atoms. The Bertz CT molecular complexity index is 585. The maximum absolute atomic E-state index is 12.5. The van der Waals surface area contributed by atoms with Gasteiger partial charge in [-0.25, -0.2) is 4.98 Å². The molecular formula is C14H19F3N4O2. The fourth-order valence-electron chi connectivity index (χ4n) is 2.67. The first kappa shape index (κ1) is 17.3. The second-order valence-corrected chi connectivity index (χ2v) is 5.61. The summed E-state index contributed by atoms with van der Waals surface area (Å²) >= 11 is 0. The van der Waals surface area contributed by atoms with Crippen LogP contribution >= 0.6 is 0 Å². The van der Waals surface area contributed by atoms with Crippen LogP contribution < -0.4 is 0 Å². The number of alkyl halides is 3. The zero-order chi connectivity index (χ0) is 17.2. The van der Waals surface area contributed by atoms with Crippen LogP contribution in [0.5, 0.6) is 0 Å². The molecule has 1 fully saturated rings. The number of hydrogen-bond acceptors (Lipinski definition) is 3. The third kappa shape index (κ3) is 4.23. The minimum Gasteiger partial charge on any atom is -0.342 e. The maximum Gasteiger partial charge on any atom is 0.406 e. The molecule has 2 amide bonds. The van der Waals surface area contributed by atoms with E-state index in [4.69, 9.17) is 0 Å². The van der Waals surface area contributed by atoms with E-state index in [0.29, 0.717) is 13.1 Å². The third-order valence-corrected chi connectivity index (χ3v) is 3.85. The van der Waals surface area contributed by atoms with E-state index >= 15 is 0 Å². The topological polar surface area (TPSA) is 58.4 Å². The SMILES string of the molecule is CCN1C[C@H](C(=O)N(C)Cc2nccn2CC(F)(F)F)CC1=O. The summed E-state index contributed by atoms with van der Waals surface area (Å²) in [5.74, 6) is -0.609. The molecule has 1 atom stereocenters. The third-order valence-electron chi connectivity index (χ3n) is 3.85. The van der Waals surface area contributed by atoms with Gasteiger partial charge in [-0.1, -0.05) is 0 Å². The molecule has 0 spiro atoms. The van der Waals surface area contributed by atoms with E-state index in [9.17, 15) is 22.8 Å². The van der Waals surface area contributed by atoms with Crippen molar-refractivity contribution < 1.29 is 22.8 Å². The maximum atomic E-state index is 12.5. The van der Waals surface area contributed by atoms with Crippen molar-refractivity contribution in [1.82, 2.24) is 19.4 Å². The molecule has 1 aromatic heterocycles. The summed E-state index contributed by atoms with van der Waals surface area (Å²) in [6.45, 7) is 1.56. The number of rotatable bonds is 5. The van der Waals surface area contributed by atoms with Crippen LogP contribution in [-0.2, 0) is 22.7 Å². The Balaban J connectivity index is 2.00. The van der Waals surface area contributed by atoms with Crippen LogP contribution in [-0.4, -0.2) is 57.5 Å². The number of aromatic nitrogens is 2. The quantitative estimate of drug-likeness (QED) is 0.816. The molecule has 0 aliphatic carbocycles. The van der Waals surface area contributed by atoms with Gasteiger partial charge in [-0.2, -0.15) is 13.2 Å².